The molecule has 1 aliphatic carbocycles. The Morgan fingerprint density at radius 1 is 1.30 bits per heavy atom. The molecule has 3 heterocycles. The fraction of sp³-hybridized carbons (Fsp3) is 0.391. The predicted molar refractivity (Wildman–Crippen MR) is 114 cm³/mol. The number of pyridine rings is 1. The van der Waals surface area contributed by atoms with Crippen LogP contribution in [0, 0.1) is 6.92 Å². The number of hydrogen-bond donors (Lipinski definition) is 4. The Labute approximate surface area is 174 Å². The van der Waals surface area contributed by atoms with Crippen molar-refractivity contribution in [3.63, 3.8) is 0 Å². The molecule has 0 saturated heterocycles. The summed E-state index contributed by atoms with van der Waals surface area (Å²) in [7, 11) is 0. The highest BCUT2D eigenvalue weighted by atomic mass is 16.3. The topological polar surface area (TPSA) is 98.9 Å². The largest absolute Gasteiger partial charge is 0.394 e. The number of aromatic nitrogens is 2. The SMILES string of the molecule is Cc1cn2cc(C(=O)NCC(O)CO)c3c(c2n1)NC1(CC3)Cc2ccccc2C1. The maximum atomic E-state index is 12.9. The highest BCUT2D eigenvalue weighted by Gasteiger charge is 2.41. The predicted octanol–water partition coefficient (Wildman–Crippen LogP) is 1.62. The van der Waals surface area contributed by atoms with E-state index in [9.17, 15) is 9.90 Å². The lowest BCUT2D eigenvalue weighted by Gasteiger charge is -2.37. The standard InChI is InChI=1S/C23H26N4O3/c1-14-11-27-12-19(22(30)24-10-17(29)13-28)18-6-7-23(26-20(18)21(27)25-14)8-15-4-2-3-5-16(15)9-23/h2-5,11-12,17,26,28-29H,6-10,13H2,1H3,(H,24,30). The van der Waals surface area contributed by atoms with Gasteiger partial charge in [0.25, 0.3) is 5.91 Å². The summed E-state index contributed by atoms with van der Waals surface area (Å²) in [6.07, 6.45) is 6.41. The van der Waals surface area contributed by atoms with Crippen molar-refractivity contribution in [2.24, 2.45) is 0 Å². The number of carbonyl (C=O) groups is 1. The van der Waals surface area contributed by atoms with Gasteiger partial charge in [-0.1, -0.05) is 24.3 Å². The first-order valence-electron chi connectivity index (χ1n) is 10.4. The van der Waals surface area contributed by atoms with Crippen LogP contribution in [0.25, 0.3) is 5.65 Å². The highest BCUT2D eigenvalue weighted by Crippen LogP contribution is 2.42. The van der Waals surface area contributed by atoms with Crippen molar-refractivity contribution in [3.05, 3.63) is 64.6 Å². The number of fused-ring (bicyclic) bond motifs is 4. The number of nitrogens with one attached hydrogen (secondary N) is 2. The molecule has 5 rings (SSSR count). The third-order valence-corrected chi connectivity index (χ3v) is 6.34. The van der Waals surface area contributed by atoms with Gasteiger partial charge < -0.3 is 25.2 Å². The molecule has 7 heteroatoms. The second-order valence-corrected chi connectivity index (χ2v) is 8.58. The maximum absolute atomic E-state index is 12.9. The Morgan fingerprint density at radius 3 is 2.73 bits per heavy atom. The molecule has 0 radical (unpaired) electrons. The smallest absolute Gasteiger partial charge is 0.253 e. The summed E-state index contributed by atoms with van der Waals surface area (Å²) in [5, 5.41) is 25.2. The van der Waals surface area contributed by atoms with E-state index in [1.165, 1.54) is 11.1 Å². The first kappa shape index (κ1) is 19.1. The zero-order valence-electron chi connectivity index (χ0n) is 17.0. The van der Waals surface area contributed by atoms with Gasteiger partial charge in [-0.2, -0.15) is 0 Å². The monoisotopic (exact) mass is 406 g/mol. The summed E-state index contributed by atoms with van der Waals surface area (Å²) < 4.78 is 1.90. The van der Waals surface area contributed by atoms with Gasteiger partial charge in [-0.15, -0.1) is 0 Å². The number of rotatable bonds is 4. The molecule has 30 heavy (non-hydrogen) atoms. The molecular formula is C23H26N4O3. The molecule has 0 fully saturated rings. The molecule has 1 aromatic carbocycles. The summed E-state index contributed by atoms with van der Waals surface area (Å²) in [6, 6.07) is 8.59. The Hall–Kier alpha value is -2.90. The van der Waals surface area contributed by atoms with E-state index in [1.807, 2.05) is 23.7 Å². The number of imidazole rings is 1. The lowest BCUT2D eigenvalue weighted by molar-refractivity contribution is 0.0801. The van der Waals surface area contributed by atoms with Crippen molar-refractivity contribution in [1.82, 2.24) is 14.7 Å². The second kappa shape index (κ2) is 7.11. The van der Waals surface area contributed by atoms with Crippen molar-refractivity contribution in [2.75, 3.05) is 18.5 Å². The third kappa shape index (κ3) is 3.14. The van der Waals surface area contributed by atoms with Crippen molar-refractivity contribution < 1.29 is 15.0 Å². The molecule has 2 aromatic heterocycles. The Balaban J connectivity index is 1.53. The van der Waals surface area contributed by atoms with Gasteiger partial charge in [0.2, 0.25) is 0 Å². The lowest BCUT2D eigenvalue weighted by Crippen LogP contribution is -2.43. The third-order valence-electron chi connectivity index (χ3n) is 6.34. The lowest BCUT2D eigenvalue weighted by atomic mass is 9.82. The van der Waals surface area contributed by atoms with Crippen LogP contribution in [0.2, 0.25) is 0 Å². The molecule has 0 bridgehead atoms. The van der Waals surface area contributed by atoms with Crippen LogP contribution >= 0.6 is 0 Å². The maximum Gasteiger partial charge on any atom is 0.253 e. The quantitative estimate of drug-likeness (QED) is 0.528. The van der Waals surface area contributed by atoms with Crippen molar-refractivity contribution in [3.8, 4) is 0 Å². The average Bonchev–Trinajstić information content (AvgIpc) is 3.30. The van der Waals surface area contributed by atoms with Gasteiger partial charge in [0.15, 0.2) is 5.65 Å². The Bertz CT molecular complexity index is 1110. The second-order valence-electron chi connectivity index (χ2n) is 8.58. The Morgan fingerprint density at radius 2 is 2.03 bits per heavy atom. The molecule has 1 unspecified atom stereocenters. The van der Waals surface area contributed by atoms with E-state index >= 15 is 0 Å². The molecular weight excluding hydrogens is 380 g/mol. The number of aliphatic hydroxyl groups is 2. The van der Waals surface area contributed by atoms with Gasteiger partial charge in [-0.25, -0.2) is 4.98 Å². The molecule has 3 aromatic rings. The number of anilines is 1. The number of carbonyl (C=O) groups excluding carboxylic acids is 1. The van der Waals surface area contributed by atoms with Crippen LogP contribution in [0.5, 0.6) is 0 Å². The zero-order valence-corrected chi connectivity index (χ0v) is 17.0. The van der Waals surface area contributed by atoms with Gasteiger partial charge >= 0.3 is 0 Å². The van der Waals surface area contributed by atoms with E-state index in [-0.39, 0.29) is 24.6 Å². The minimum atomic E-state index is -0.970. The van der Waals surface area contributed by atoms with Crippen molar-refractivity contribution in [2.45, 2.75) is 44.2 Å². The van der Waals surface area contributed by atoms with Crippen LogP contribution in [-0.4, -0.2) is 50.3 Å². The van der Waals surface area contributed by atoms with Gasteiger partial charge in [0.05, 0.1) is 29.7 Å². The van der Waals surface area contributed by atoms with Gasteiger partial charge in [0, 0.05) is 24.5 Å². The Kier molecular flexibility index (Phi) is 4.52. The summed E-state index contributed by atoms with van der Waals surface area (Å²) in [5.41, 5.74) is 6.91. The van der Waals surface area contributed by atoms with Crippen LogP contribution in [0.3, 0.4) is 0 Å². The first-order chi connectivity index (χ1) is 14.5. The first-order valence-corrected chi connectivity index (χ1v) is 10.4. The number of nitrogens with zero attached hydrogens (tertiary/aromatic N) is 2. The molecule has 1 amide bonds. The molecule has 1 atom stereocenters. The number of amides is 1. The van der Waals surface area contributed by atoms with E-state index < -0.39 is 6.10 Å². The van der Waals surface area contributed by atoms with Crippen LogP contribution in [0.15, 0.2) is 36.7 Å². The number of benzene rings is 1. The summed E-state index contributed by atoms with van der Waals surface area (Å²) in [4.78, 5) is 17.6. The van der Waals surface area contributed by atoms with Crippen LogP contribution in [0.4, 0.5) is 5.69 Å². The van der Waals surface area contributed by atoms with Crippen molar-refractivity contribution in [1.29, 1.82) is 0 Å². The van der Waals surface area contributed by atoms with Gasteiger partial charge in [-0.05, 0) is 49.3 Å². The van der Waals surface area contributed by atoms with Gasteiger partial charge in [-0.3, -0.25) is 4.79 Å². The summed E-state index contributed by atoms with van der Waals surface area (Å²) in [5.74, 6) is -0.250. The molecule has 1 spiro atoms. The fourth-order valence-corrected chi connectivity index (χ4v) is 4.89. The summed E-state index contributed by atoms with van der Waals surface area (Å²) >= 11 is 0. The normalized spacial score (nSPS) is 17.4. The minimum Gasteiger partial charge on any atom is -0.394 e. The average molecular weight is 406 g/mol. The zero-order chi connectivity index (χ0) is 20.9. The molecule has 1 aliphatic heterocycles. The van der Waals surface area contributed by atoms with Crippen molar-refractivity contribution >= 4 is 17.2 Å². The fourth-order valence-electron chi connectivity index (χ4n) is 4.89. The molecule has 4 N–H and O–H groups in total. The van der Waals surface area contributed by atoms with Gasteiger partial charge in [0.1, 0.15) is 0 Å². The number of aliphatic hydroxyl groups excluding tert-OH is 2. The molecule has 2 aliphatic rings. The van der Waals surface area contributed by atoms with Crippen LogP contribution in [-0.2, 0) is 19.3 Å². The van der Waals surface area contributed by atoms with E-state index in [0.29, 0.717) is 5.56 Å². The highest BCUT2D eigenvalue weighted by molar-refractivity contribution is 5.98. The van der Waals surface area contributed by atoms with Crippen LogP contribution < -0.4 is 10.6 Å². The van der Waals surface area contributed by atoms with E-state index in [0.717, 1.165) is 48.3 Å². The molecule has 156 valence electrons. The van der Waals surface area contributed by atoms with Crippen LogP contribution in [0.1, 0.15) is 39.2 Å². The minimum absolute atomic E-state index is 0.0117. The molecule has 7 nitrogen and oxygen atoms in total. The number of hydrogen-bond acceptors (Lipinski definition) is 5. The summed E-state index contributed by atoms with van der Waals surface area (Å²) in [6.45, 7) is 1.57. The van der Waals surface area contributed by atoms with E-state index in [4.69, 9.17) is 10.1 Å². The molecule has 0 saturated carbocycles. The van der Waals surface area contributed by atoms with E-state index in [2.05, 4.69) is 34.9 Å². The van der Waals surface area contributed by atoms with E-state index in [1.54, 1.807) is 0 Å². The number of aryl methyl sites for hydroxylation is 1.